The zero-order chi connectivity index (χ0) is 21.9. The minimum Gasteiger partial charge on any atom is -0.427 e. The van der Waals surface area contributed by atoms with Crippen LogP contribution in [-0.4, -0.2) is 29.6 Å². The highest BCUT2D eigenvalue weighted by Gasteiger charge is 2.67. The molecule has 1 N–H and O–H groups in total. The van der Waals surface area contributed by atoms with Gasteiger partial charge in [0.05, 0.1) is 11.9 Å². The Bertz CT molecular complexity index is 1150. The van der Waals surface area contributed by atoms with E-state index in [0.29, 0.717) is 11.4 Å². The number of carbonyl (C=O) groups is 4. The van der Waals surface area contributed by atoms with Crippen molar-refractivity contribution in [3.63, 3.8) is 0 Å². The van der Waals surface area contributed by atoms with Crippen molar-refractivity contribution < 1.29 is 28.8 Å². The molecule has 31 heavy (non-hydrogen) atoms. The van der Waals surface area contributed by atoms with Gasteiger partial charge in [-0.25, -0.2) is 4.90 Å². The molecule has 0 aromatic heterocycles. The Hall–Kier alpha value is -3.58. The molecule has 3 aliphatic heterocycles. The van der Waals surface area contributed by atoms with Crippen LogP contribution in [0.2, 0.25) is 0 Å². The molecule has 2 amide bonds. The van der Waals surface area contributed by atoms with Gasteiger partial charge in [-0.3, -0.25) is 24.1 Å². The lowest BCUT2D eigenvalue weighted by molar-refractivity contribution is -0.884. The number of ketones is 1. The Balaban J connectivity index is 1.56. The van der Waals surface area contributed by atoms with E-state index in [1.54, 1.807) is 24.3 Å². The summed E-state index contributed by atoms with van der Waals surface area (Å²) in [5.74, 6) is -2.21. The number of esters is 1. The summed E-state index contributed by atoms with van der Waals surface area (Å²) in [6.45, 7) is 2.79. The van der Waals surface area contributed by atoms with Crippen LogP contribution in [0, 0.1) is 11.8 Å². The van der Waals surface area contributed by atoms with Gasteiger partial charge >= 0.3 is 5.97 Å². The van der Waals surface area contributed by atoms with Crippen molar-refractivity contribution in [2.24, 2.45) is 11.8 Å². The minimum atomic E-state index is -0.714. The number of quaternary nitrogens is 1. The number of nitrogens with one attached hydrogen (secondary N) is 1. The van der Waals surface area contributed by atoms with Crippen LogP contribution in [-0.2, 0) is 19.2 Å². The van der Waals surface area contributed by atoms with Crippen LogP contribution in [0.1, 0.15) is 31.0 Å². The average Bonchev–Trinajstić information content (AvgIpc) is 3.21. The number of ether oxygens (including phenoxy) is 1. The SMILES string of the molecule is CC(=O)Oc1ccc(N2C(=O)[C@@H]3[C@H](C2=O)[C@@H]2c4ccccc4C=C[NH+]2[C@@H]3C(C)=O)cc1. The molecule has 5 rings (SSSR count). The van der Waals surface area contributed by atoms with Gasteiger partial charge < -0.3 is 4.74 Å². The maximum atomic E-state index is 13.6. The molecule has 0 spiro atoms. The molecule has 0 aliphatic carbocycles. The number of Topliss-reactive ketones (excluding diaryl/α,β-unsaturated/α-hetero) is 1. The largest absolute Gasteiger partial charge is 0.427 e. The average molecular weight is 417 g/mol. The molecule has 7 nitrogen and oxygen atoms in total. The Kier molecular flexibility index (Phi) is 4.37. The Morgan fingerprint density at radius 2 is 1.61 bits per heavy atom. The van der Waals surface area contributed by atoms with E-state index in [1.165, 1.54) is 18.7 Å². The van der Waals surface area contributed by atoms with E-state index < -0.39 is 23.8 Å². The van der Waals surface area contributed by atoms with Crippen molar-refractivity contribution in [2.75, 3.05) is 4.90 Å². The summed E-state index contributed by atoms with van der Waals surface area (Å²) in [7, 11) is 0. The summed E-state index contributed by atoms with van der Waals surface area (Å²) in [6.07, 6.45) is 3.87. The predicted octanol–water partition coefficient (Wildman–Crippen LogP) is 1.30. The van der Waals surface area contributed by atoms with E-state index in [4.69, 9.17) is 4.74 Å². The number of nitrogens with zero attached hydrogens (tertiary/aromatic N) is 1. The Labute approximate surface area is 178 Å². The van der Waals surface area contributed by atoms with Crippen molar-refractivity contribution in [1.29, 1.82) is 0 Å². The summed E-state index contributed by atoms with van der Waals surface area (Å²) in [4.78, 5) is 52.8. The monoisotopic (exact) mass is 417 g/mol. The van der Waals surface area contributed by atoms with Gasteiger partial charge in [0.1, 0.15) is 23.6 Å². The van der Waals surface area contributed by atoms with Crippen LogP contribution in [0.25, 0.3) is 6.08 Å². The molecule has 2 fully saturated rings. The molecule has 0 bridgehead atoms. The zero-order valence-corrected chi connectivity index (χ0v) is 17.1. The number of amides is 2. The lowest BCUT2D eigenvalue weighted by Crippen LogP contribution is -3.12. The lowest BCUT2D eigenvalue weighted by atomic mass is 9.84. The van der Waals surface area contributed by atoms with Crippen LogP contribution in [0.5, 0.6) is 5.75 Å². The van der Waals surface area contributed by atoms with Gasteiger partial charge in [-0.15, -0.1) is 0 Å². The maximum absolute atomic E-state index is 13.6. The third kappa shape index (κ3) is 2.84. The Morgan fingerprint density at radius 1 is 0.935 bits per heavy atom. The first-order valence-electron chi connectivity index (χ1n) is 10.2. The molecule has 7 heteroatoms. The van der Waals surface area contributed by atoms with Gasteiger partial charge in [0, 0.05) is 19.4 Å². The Morgan fingerprint density at radius 3 is 2.29 bits per heavy atom. The lowest BCUT2D eigenvalue weighted by Gasteiger charge is -2.30. The zero-order valence-electron chi connectivity index (χ0n) is 17.1. The summed E-state index contributed by atoms with van der Waals surface area (Å²) < 4.78 is 5.04. The molecule has 0 saturated carbocycles. The number of imide groups is 1. The van der Waals surface area contributed by atoms with Gasteiger partial charge in [-0.05, 0) is 35.9 Å². The van der Waals surface area contributed by atoms with Crippen molar-refractivity contribution >= 4 is 35.3 Å². The number of benzene rings is 2. The number of anilines is 1. The highest BCUT2D eigenvalue weighted by molar-refractivity contribution is 6.23. The molecule has 3 aliphatic rings. The molecule has 0 radical (unpaired) electrons. The molecule has 2 saturated heterocycles. The van der Waals surface area contributed by atoms with Crippen LogP contribution >= 0.6 is 0 Å². The van der Waals surface area contributed by atoms with Crippen molar-refractivity contribution in [3.05, 3.63) is 65.9 Å². The quantitative estimate of drug-likeness (QED) is 0.462. The first kappa shape index (κ1) is 19.4. The van der Waals surface area contributed by atoms with Gasteiger partial charge in [0.2, 0.25) is 11.8 Å². The molecule has 2 aromatic rings. The van der Waals surface area contributed by atoms with E-state index in [-0.39, 0.29) is 23.6 Å². The van der Waals surface area contributed by atoms with Gasteiger partial charge in [0.15, 0.2) is 11.8 Å². The summed E-state index contributed by atoms with van der Waals surface area (Å²) in [5, 5.41) is 0. The maximum Gasteiger partial charge on any atom is 0.308 e. The van der Waals surface area contributed by atoms with Gasteiger partial charge in [0.25, 0.3) is 0 Å². The fraction of sp³-hybridized carbons (Fsp3) is 0.250. The minimum absolute atomic E-state index is 0.107. The molecule has 5 atom stereocenters. The first-order chi connectivity index (χ1) is 14.9. The van der Waals surface area contributed by atoms with Crippen molar-refractivity contribution in [3.8, 4) is 5.75 Å². The molecular weight excluding hydrogens is 396 g/mol. The standard InChI is InChI=1S/C24H20N2O5/c1-13(27)21-19-20(22-18-6-4-3-5-15(18)11-12-25(21)22)24(30)26(23(19)29)16-7-9-17(10-8-16)31-14(2)28/h3-12,19-22H,1-2H3/p+1/t19-,20+,21-,22+/m1/s1. The molecule has 156 valence electrons. The summed E-state index contributed by atoms with van der Waals surface area (Å²) >= 11 is 0. The number of hydrogen-bond donors (Lipinski definition) is 1. The van der Waals surface area contributed by atoms with Crippen LogP contribution < -0.4 is 14.5 Å². The third-order valence-corrected chi connectivity index (χ3v) is 6.42. The number of fused-ring (bicyclic) bond motifs is 5. The normalized spacial score (nSPS) is 28.2. The second kappa shape index (κ2) is 6.99. The van der Waals surface area contributed by atoms with E-state index in [2.05, 4.69) is 0 Å². The van der Waals surface area contributed by atoms with E-state index in [9.17, 15) is 19.2 Å². The fourth-order valence-electron chi connectivity index (χ4n) is 5.31. The van der Waals surface area contributed by atoms with Gasteiger partial charge in [-0.1, -0.05) is 24.3 Å². The molecule has 2 aromatic carbocycles. The first-order valence-corrected chi connectivity index (χ1v) is 10.2. The fourth-order valence-corrected chi connectivity index (χ4v) is 5.31. The summed E-state index contributed by atoms with van der Waals surface area (Å²) in [6, 6.07) is 13.1. The highest BCUT2D eigenvalue weighted by atomic mass is 16.5. The van der Waals surface area contributed by atoms with Crippen LogP contribution in [0.3, 0.4) is 0 Å². The smallest absolute Gasteiger partial charge is 0.308 e. The topological polar surface area (TPSA) is 85.2 Å². The number of hydrogen-bond acceptors (Lipinski definition) is 5. The van der Waals surface area contributed by atoms with Crippen LogP contribution in [0.15, 0.2) is 54.7 Å². The second-order valence-corrected chi connectivity index (χ2v) is 8.18. The summed E-state index contributed by atoms with van der Waals surface area (Å²) in [5.41, 5.74) is 2.39. The predicted molar refractivity (Wildman–Crippen MR) is 111 cm³/mol. The second-order valence-electron chi connectivity index (χ2n) is 8.18. The van der Waals surface area contributed by atoms with Crippen molar-refractivity contribution in [1.82, 2.24) is 0 Å². The van der Waals surface area contributed by atoms with Gasteiger partial charge in [-0.2, -0.15) is 0 Å². The van der Waals surface area contributed by atoms with Crippen LogP contribution in [0.4, 0.5) is 5.69 Å². The molecule has 3 heterocycles. The highest BCUT2D eigenvalue weighted by Crippen LogP contribution is 2.44. The third-order valence-electron chi connectivity index (χ3n) is 6.42. The molecule has 1 unspecified atom stereocenters. The van der Waals surface area contributed by atoms with Crippen molar-refractivity contribution in [2.45, 2.75) is 25.9 Å². The van der Waals surface area contributed by atoms with E-state index in [1.807, 2.05) is 36.5 Å². The van der Waals surface area contributed by atoms with E-state index in [0.717, 1.165) is 16.0 Å². The number of carbonyl (C=O) groups excluding carboxylic acids is 4. The molecular formula is C24H21N2O5+. The van der Waals surface area contributed by atoms with E-state index >= 15 is 0 Å². The number of rotatable bonds is 3.